The first-order valence-electron chi connectivity index (χ1n) is 11.7. The van der Waals surface area contributed by atoms with Crippen LogP contribution in [0, 0.1) is 0 Å². The second kappa shape index (κ2) is 7.03. The molecule has 3 aliphatic heterocycles. The summed E-state index contributed by atoms with van der Waals surface area (Å²) in [6.07, 6.45) is 1.59. The van der Waals surface area contributed by atoms with Crippen molar-refractivity contribution in [3.05, 3.63) is 17.0 Å². The fourth-order valence-corrected chi connectivity index (χ4v) is 6.47. The maximum atomic E-state index is 5.98. The van der Waals surface area contributed by atoms with Crippen LogP contribution in [0.1, 0.15) is 77.9 Å². The van der Waals surface area contributed by atoms with Crippen molar-refractivity contribution in [2.45, 2.75) is 103 Å². The van der Waals surface area contributed by atoms with E-state index in [1.807, 2.05) is 0 Å². The highest BCUT2D eigenvalue weighted by atomic mass is 16.5. The summed E-state index contributed by atoms with van der Waals surface area (Å²) in [6, 6.07) is 0.423. The lowest BCUT2D eigenvalue weighted by Crippen LogP contribution is -2.64. The quantitative estimate of drug-likeness (QED) is 0.687. The Kier molecular flexibility index (Phi) is 5.21. The predicted octanol–water partition coefficient (Wildman–Crippen LogP) is 2.69. The lowest BCUT2D eigenvalue weighted by atomic mass is 9.94. The fraction of sp³-hybridized carbons (Fsp3) is 0.875. The van der Waals surface area contributed by atoms with Crippen LogP contribution >= 0.6 is 0 Å². The highest BCUT2D eigenvalue weighted by molar-refractivity contribution is 5.30. The van der Waals surface area contributed by atoms with Gasteiger partial charge in [0, 0.05) is 30.7 Å². The molecule has 4 heterocycles. The first-order chi connectivity index (χ1) is 13.7. The number of aromatic nitrogens is 2. The number of morpholine rings is 1. The molecular formula is C24H44N5O+. The number of hydrogen-bond acceptors (Lipinski definition) is 4. The minimum Gasteiger partial charge on any atom is -0.375 e. The minimum absolute atomic E-state index is 0.0715. The second-order valence-corrected chi connectivity index (χ2v) is 12.2. The Labute approximate surface area is 183 Å². The standard InChI is InChI=1S/C24H44N5O/c1-17-21-19(13-27(17)22(2,3)4)20(14-25(8)9)26(10)28(21)15-23(5,6)29-12-18-11-24(29,7)16-30-18/h17-18H,11-16H2,1-10H3/q+1/t17-,18?,24+/m1/s1. The molecule has 2 bridgehead atoms. The van der Waals surface area contributed by atoms with Gasteiger partial charge in [0.2, 0.25) is 5.69 Å². The number of likely N-dealkylation sites (tertiary alicyclic amines) is 1. The van der Waals surface area contributed by atoms with Gasteiger partial charge in [-0.05, 0) is 69.0 Å². The van der Waals surface area contributed by atoms with Crippen molar-refractivity contribution >= 4 is 0 Å². The first kappa shape index (κ1) is 22.3. The predicted molar refractivity (Wildman–Crippen MR) is 120 cm³/mol. The van der Waals surface area contributed by atoms with Crippen molar-refractivity contribution in [2.75, 3.05) is 27.2 Å². The van der Waals surface area contributed by atoms with Crippen LogP contribution in [0.15, 0.2) is 0 Å². The molecule has 0 amide bonds. The summed E-state index contributed by atoms with van der Waals surface area (Å²) in [5.74, 6) is 0. The lowest BCUT2D eigenvalue weighted by Gasteiger charge is -2.44. The third-order valence-electron chi connectivity index (χ3n) is 7.81. The van der Waals surface area contributed by atoms with Crippen molar-refractivity contribution in [2.24, 2.45) is 7.05 Å². The van der Waals surface area contributed by atoms with E-state index in [1.165, 1.54) is 17.8 Å². The molecule has 6 heteroatoms. The van der Waals surface area contributed by atoms with Crippen LogP contribution in [-0.4, -0.2) is 69.3 Å². The van der Waals surface area contributed by atoms with Gasteiger partial charge < -0.3 is 9.64 Å². The maximum absolute atomic E-state index is 5.98. The van der Waals surface area contributed by atoms with Crippen LogP contribution in [-0.2, 0) is 31.4 Å². The van der Waals surface area contributed by atoms with Gasteiger partial charge >= 0.3 is 0 Å². The summed E-state index contributed by atoms with van der Waals surface area (Å²) in [6.45, 7) is 21.6. The molecule has 170 valence electrons. The van der Waals surface area contributed by atoms with Crippen LogP contribution in [0.3, 0.4) is 0 Å². The van der Waals surface area contributed by atoms with E-state index < -0.39 is 0 Å². The first-order valence-corrected chi connectivity index (χ1v) is 11.7. The van der Waals surface area contributed by atoms with Crippen molar-refractivity contribution in [1.29, 1.82) is 0 Å². The zero-order valence-electron chi connectivity index (χ0n) is 21.0. The van der Waals surface area contributed by atoms with E-state index in [0.29, 0.717) is 12.1 Å². The SMILES string of the molecule is C[C@@H]1c2c(c(CN(C)C)n(C)[n+]2CC(C)(C)N2CC3C[C@@]2(C)CO3)CN1C(C)(C)C. The van der Waals surface area contributed by atoms with E-state index in [1.54, 1.807) is 5.56 Å². The molecule has 2 saturated heterocycles. The van der Waals surface area contributed by atoms with Gasteiger partial charge in [0.25, 0.3) is 0 Å². The van der Waals surface area contributed by atoms with E-state index in [4.69, 9.17) is 4.74 Å². The van der Waals surface area contributed by atoms with Gasteiger partial charge in [-0.3, -0.25) is 9.80 Å². The van der Waals surface area contributed by atoms with Gasteiger partial charge in [0.15, 0.2) is 6.54 Å². The Morgan fingerprint density at radius 1 is 1.20 bits per heavy atom. The molecule has 0 aliphatic carbocycles. The molecule has 3 aliphatic rings. The molecule has 0 aromatic carbocycles. The van der Waals surface area contributed by atoms with Crippen molar-refractivity contribution in [3.63, 3.8) is 0 Å². The smallest absolute Gasteiger partial charge is 0.229 e. The van der Waals surface area contributed by atoms with Crippen LogP contribution in [0.5, 0.6) is 0 Å². The lowest BCUT2D eigenvalue weighted by molar-refractivity contribution is -0.788. The van der Waals surface area contributed by atoms with Gasteiger partial charge in [-0.25, -0.2) is 0 Å². The second-order valence-electron chi connectivity index (χ2n) is 12.2. The number of hydrogen-bond donors (Lipinski definition) is 0. The summed E-state index contributed by atoms with van der Waals surface area (Å²) in [5, 5.41) is 0. The highest BCUT2D eigenvalue weighted by Gasteiger charge is 2.55. The third-order valence-corrected chi connectivity index (χ3v) is 7.81. The molecule has 0 radical (unpaired) electrons. The maximum Gasteiger partial charge on any atom is 0.229 e. The molecule has 0 saturated carbocycles. The summed E-state index contributed by atoms with van der Waals surface area (Å²) in [7, 11) is 6.62. The minimum atomic E-state index is 0.0715. The van der Waals surface area contributed by atoms with Crippen LogP contribution in [0.25, 0.3) is 0 Å². The summed E-state index contributed by atoms with van der Waals surface area (Å²) < 4.78 is 11.0. The van der Waals surface area contributed by atoms with Gasteiger partial charge in [0.05, 0.1) is 36.9 Å². The molecule has 1 unspecified atom stereocenters. The zero-order chi connectivity index (χ0) is 22.2. The topological polar surface area (TPSA) is 27.8 Å². The fourth-order valence-electron chi connectivity index (χ4n) is 6.47. The molecule has 0 N–H and O–H groups in total. The molecule has 6 nitrogen and oxygen atoms in total. The van der Waals surface area contributed by atoms with Gasteiger partial charge in [-0.15, -0.1) is 4.68 Å². The number of nitrogens with zero attached hydrogens (tertiary/aromatic N) is 5. The monoisotopic (exact) mass is 418 g/mol. The van der Waals surface area contributed by atoms with E-state index >= 15 is 0 Å². The van der Waals surface area contributed by atoms with E-state index in [-0.39, 0.29) is 16.6 Å². The normalized spacial score (nSPS) is 30.1. The molecule has 1 aromatic rings. The summed E-state index contributed by atoms with van der Waals surface area (Å²) in [5.41, 5.74) is 4.93. The molecule has 4 rings (SSSR count). The Morgan fingerprint density at radius 2 is 1.87 bits per heavy atom. The average molecular weight is 419 g/mol. The third kappa shape index (κ3) is 3.44. The highest BCUT2D eigenvalue weighted by Crippen LogP contribution is 2.43. The number of rotatable bonds is 5. The van der Waals surface area contributed by atoms with Crippen molar-refractivity contribution < 1.29 is 9.42 Å². The van der Waals surface area contributed by atoms with Gasteiger partial charge in [-0.1, -0.05) is 0 Å². The van der Waals surface area contributed by atoms with Crippen LogP contribution in [0.4, 0.5) is 0 Å². The van der Waals surface area contributed by atoms with Crippen molar-refractivity contribution in [3.8, 4) is 0 Å². The zero-order valence-corrected chi connectivity index (χ0v) is 21.0. The molecule has 30 heavy (non-hydrogen) atoms. The molecule has 0 spiro atoms. The Morgan fingerprint density at radius 3 is 2.37 bits per heavy atom. The average Bonchev–Trinajstić information content (AvgIpc) is 3.30. The number of fused-ring (bicyclic) bond motifs is 3. The summed E-state index contributed by atoms with van der Waals surface area (Å²) in [4.78, 5) is 7.69. The van der Waals surface area contributed by atoms with Gasteiger partial charge in [0.1, 0.15) is 5.69 Å². The van der Waals surface area contributed by atoms with E-state index in [9.17, 15) is 0 Å². The van der Waals surface area contributed by atoms with Gasteiger partial charge in [-0.2, -0.15) is 4.68 Å². The largest absolute Gasteiger partial charge is 0.375 e. The molecule has 1 aromatic heterocycles. The number of ether oxygens (including phenoxy) is 1. The van der Waals surface area contributed by atoms with Crippen LogP contribution in [0.2, 0.25) is 0 Å². The van der Waals surface area contributed by atoms with E-state index in [0.717, 1.165) is 32.8 Å². The van der Waals surface area contributed by atoms with Crippen molar-refractivity contribution in [1.82, 2.24) is 19.4 Å². The summed E-state index contributed by atoms with van der Waals surface area (Å²) >= 11 is 0. The molecule has 2 fully saturated rings. The van der Waals surface area contributed by atoms with Crippen LogP contribution < -0.4 is 4.68 Å². The Hall–Kier alpha value is -0.950. The Bertz CT molecular complexity index is 821. The molecule has 3 atom stereocenters. The van der Waals surface area contributed by atoms with E-state index in [2.05, 4.69) is 93.7 Å². The Balaban J connectivity index is 1.72. The molecular weight excluding hydrogens is 374 g/mol.